The quantitative estimate of drug-likeness (QED) is 0.804. The zero-order valence-electron chi connectivity index (χ0n) is 10.1. The lowest BCUT2D eigenvalue weighted by Gasteiger charge is -2.07. The van der Waals surface area contributed by atoms with Crippen molar-refractivity contribution in [3.05, 3.63) is 52.2 Å². The topological polar surface area (TPSA) is 55.6 Å². The van der Waals surface area contributed by atoms with Crippen molar-refractivity contribution in [3.63, 3.8) is 0 Å². The number of aromatic nitrogens is 4. The van der Waals surface area contributed by atoms with E-state index in [0.29, 0.717) is 22.3 Å². The second-order valence-corrected chi connectivity index (χ2v) is 5.66. The number of benzene rings is 1. The Morgan fingerprint density at radius 3 is 2.95 bits per heavy atom. The maximum atomic E-state index is 14.0. The lowest BCUT2D eigenvalue weighted by Crippen LogP contribution is -2.02. The summed E-state index contributed by atoms with van der Waals surface area (Å²) in [4.78, 5) is 7.91. The van der Waals surface area contributed by atoms with E-state index in [1.54, 1.807) is 18.3 Å². The Bertz CT molecular complexity index is 712. The van der Waals surface area contributed by atoms with Crippen molar-refractivity contribution in [2.45, 2.75) is 6.54 Å². The molecule has 0 atom stereocenters. The molecule has 5 nitrogen and oxygen atoms in total. The fourth-order valence-corrected chi connectivity index (χ4v) is 2.58. The van der Waals surface area contributed by atoms with Gasteiger partial charge in [-0.3, -0.25) is 0 Å². The van der Waals surface area contributed by atoms with E-state index in [1.165, 1.54) is 34.7 Å². The van der Waals surface area contributed by atoms with Crippen molar-refractivity contribution in [2.75, 3.05) is 5.32 Å². The molecule has 0 unspecified atom stereocenters. The molecule has 3 aromatic rings. The number of rotatable bonds is 4. The van der Waals surface area contributed by atoms with Gasteiger partial charge in [-0.15, -0.1) is 11.3 Å². The van der Waals surface area contributed by atoms with Crippen molar-refractivity contribution >= 4 is 28.6 Å². The molecule has 0 saturated carbocycles. The van der Waals surface area contributed by atoms with E-state index < -0.39 is 0 Å². The molecule has 0 fully saturated rings. The Hall–Kier alpha value is -1.99. The van der Waals surface area contributed by atoms with Crippen LogP contribution in [-0.2, 0) is 6.54 Å². The lowest BCUT2D eigenvalue weighted by molar-refractivity contribution is 0.611. The van der Waals surface area contributed by atoms with Gasteiger partial charge in [0.1, 0.15) is 27.7 Å². The van der Waals surface area contributed by atoms with Crippen molar-refractivity contribution in [3.8, 4) is 5.69 Å². The highest BCUT2D eigenvalue weighted by atomic mass is 35.5. The highest BCUT2D eigenvalue weighted by Gasteiger charge is 2.07. The molecule has 0 aliphatic rings. The van der Waals surface area contributed by atoms with Gasteiger partial charge in [0.05, 0.1) is 12.7 Å². The normalized spacial score (nSPS) is 10.7. The Kier molecular flexibility index (Phi) is 3.62. The third kappa shape index (κ3) is 2.78. The fraction of sp³-hybridized carbons (Fsp3) is 0.0833. The summed E-state index contributed by atoms with van der Waals surface area (Å²) >= 11 is 7.19. The van der Waals surface area contributed by atoms with E-state index in [-0.39, 0.29) is 5.82 Å². The van der Waals surface area contributed by atoms with Crippen molar-refractivity contribution in [1.29, 1.82) is 0 Å². The van der Waals surface area contributed by atoms with Crippen LogP contribution >= 0.6 is 22.9 Å². The second-order valence-electron chi connectivity index (χ2n) is 3.92. The molecule has 2 heterocycles. The van der Waals surface area contributed by atoms with E-state index in [9.17, 15) is 4.39 Å². The van der Waals surface area contributed by atoms with Crippen LogP contribution < -0.4 is 5.32 Å². The SMILES string of the molecule is Fc1cc(NCc2ncc(Cl)s2)ccc1-n1cncn1. The van der Waals surface area contributed by atoms with Gasteiger partial charge in [-0.2, -0.15) is 5.10 Å². The van der Waals surface area contributed by atoms with Crippen molar-refractivity contribution < 1.29 is 4.39 Å². The summed E-state index contributed by atoms with van der Waals surface area (Å²) in [5, 5.41) is 7.83. The standard InChI is InChI=1S/C12H9ClFN5S/c13-11-4-17-12(20-11)5-16-8-1-2-10(9(14)3-8)19-7-15-6-18-19/h1-4,6-7,16H,5H2. The monoisotopic (exact) mass is 309 g/mol. The van der Waals surface area contributed by atoms with Crippen molar-refractivity contribution in [1.82, 2.24) is 19.7 Å². The van der Waals surface area contributed by atoms with Gasteiger partial charge in [-0.1, -0.05) is 11.6 Å². The van der Waals surface area contributed by atoms with E-state index in [0.717, 1.165) is 5.01 Å². The maximum Gasteiger partial charge on any atom is 0.150 e. The molecular formula is C12H9ClFN5S. The van der Waals surface area contributed by atoms with Gasteiger partial charge in [-0.25, -0.2) is 19.0 Å². The van der Waals surface area contributed by atoms with Gasteiger partial charge in [-0.05, 0) is 18.2 Å². The summed E-state index contributed by atoms with van der Waals surface area (Å²) in [6, 6.07) is 4.82. The minimum atomic E-state index is -0.377. The molecule has 8 heteroatoms. The summed E-state index contributed by atoms with van der Waals surface area (Å²) in [7, 11) is 0. The highest BCUT2D eigenvalue weighted by molar-refractivity contribution is 7.15. The molecule has 2 aromatic heterocycles. The maximum absolute atomic E-state index is 14.0. The predicted molar refractivity (Wildman–Crippen MR) is 75.8 cm³/mol. The molecule has 0 aliphatic carbocycles. The van der Waals surface area contributed by atoms with Crippen LogP contribution in [0.2, 0.25) is 4.34 Å². The van der Waals surface area contributed by atoms with E-state index in [4.69, 9.17) is 11.6 Å². The van der Waals surface area contributed by atoms with E-state index >= 15 is 0 Å². The van der Waals surface area contributed by atoms with Gasteiger partial charge in [0.25, 0.3) is 0 Å². The number of nitrogens with zero attached hydrogens (tertiary/aromatic N) is 4. The number of anilines is 1. The molecule has 1 N–H and O–H groups in total. The molecule has 20 heavy (non-hydrogen) atoms. The highest BCUT2D eigenvalue weighted by Crippen LogP contribution is 2.21. The Balaban J connectivity index is 1.74. The first kappa shape index (κ1) is 13.0. The summed E-state index contributed by atoms with van der Waals surface area (Å²) < 4.78 is 16.0. The Morgan fingerprint density at radius 2 is 2.30 bits per heavy atom. The smallest absolute Gasteiger partial charge is 0.150 e. The third-order valence-corrected chi connectivity index (χ3v) is 3.70. The van der Waals surface area contributed by atoms with Crippen LogP contribution in [0.4, 0.5) is 10.1 Å². The molecule has 0 saturated heterocycles. The zero-order chi connectivity index (χ0) is 13.9. The van der Waals surface area contributed by atoms with Crippen LogP contribution in [0.15, 0.2) is 37.1 Å². The molecular weight excluding hydrogens is 301 g/mol. The summed E-state index contributed by atoms with van der Waals surface area (Å²) in [6.07, 6.45) is 4.40. The van der Waals surface area contributed by atoms with E-state index in [2.05, 4.69) is 20.4 Å². The van der Waals surface area contributed by atoms with Crippen LogP contribution in [0.25, 0.3) is 5.69 Å². The number of halogens is 2. The molecule has 0 spiro atoms. The molecule has 0 radical (unpaired) electrons. The second kappa shape index (κ2) is 5.56. The molecule has 102 valence electrons. The first-order valence-electron chi connectivity index (χ1n) is 5.71. The van der Waals surface area contributed by atoms with Crippen LogP contribution in [-0.4, -0.2) is 19.7 Å². The largest absolute Gasteiger partial charge is 0.378 e. The van der Waals surface area contributed by atoms with Gasteiger partial charge in [0, 0.05) is 5.69 Å². The lowest BCUT2D eigenvalue weighted by atomic mass is 10.2. The Morgan fingerprint density at radius 1 is 1.40 bits per heavy atom. The average Bonchev–Trinajstić information content (AvgIpc) is 3.08. The first-order chi connectivity index (χ1) is 9.72. The molecule has 0 amide bonds. The summed E-state index contributed by atoms with van der Waals surface area (Å²) in [5.74, 6) is -0.377. The molecule has 3 rings (SSSR count). The number of thiazole rings is 1. The summed E-state index contributed by atoms with van der Waals surface area (Å²) in [5.41, 5.74) is 1.02. The number of hydrogen-bond donors (Lipinski definition) is 1. The van der Waals surface area contributed by atoms with Gasteiger partial charge < -0.3 is 5.32 Å². The van der Waals surface area contributed by atoms with Crippen molar-refractivity contribution in [2.24, 2.45) is 0 Å². The molecule has 0 aliphatic heterocycles. The molecule has 1 aromatic carbocycles. The minimum absolute atomic E-state index is 0.352. The first-order valence-corrected chi connectivity index (χ1v) is 6.90. The fourth-order valence-electron chi connectivity index (χ4n) is 1.68. The van der Waals surface area contributed by atoms with Gasteiger partial charge in [0.2, 0.25) is 0 Å². The van der Waals surface area contributed by atoms with Gasteiger partial charge in [0.15, 0.2) is 5.82 Å². The predicted octanol–water partition coefficient (Wildman–Crippen LogP) is 3.13. The number of nitrogens with one attached hydrogen (secondary N) is 1. The average molecular weight is 310 g/mol. The molecule has 0 bridgehead atoms. The van der Waals surface area contributed by atoms with E-state index in [1.807, 2.05) is 0 Å². The van der Waals surface area contributed by atoms with Crippen LogP contribution in [0.1, 0.15) is 5.01 Å². The Labute approximate surface area is 123 Å². The minimum Gasteiger partial charge on any atom is -0.378 e. The van der Waals surface area contributed by atoms with Gasteiger partial charge >= 0.3 is 0 Å². The van der Waals surface area contributed by atoms with Crippen LogP contribution in [0.3, 0.4) is 0 Å². The zero-order valence-corrected chi connectivity index (χ0v) is 11.7. The van der Waals surface area contributed by atoms with Crippen LogP contribution in [0, 0.1) is 5.82 Å². The third-order valence-electron chi connectivity index (χ3n) is 2.58. The summed E-state index contributed by atoms with van der Waals surface area (Å²) in [6.45, 7) is 0.500. The van der Waals surface area contributed by atoms with Crippen LogP contribution in [0.5, 0.6) is 0 Å². The number of hydrogen-bond acceptors (Lipinski definition) is 5.